The van der Waals surface area contributed by atoms with Crippen molar-refractivity contribution in [1.82, 2.24) is 0 Å². The molecule has 3 heteroatoms. The molecule has 1 aliphatic heterocycles. The van der Waals surface area contributed by atoms with Gasteiger partial charge >= 0.3 is 5.97 Å². The Morgan fingerprint density at radius 1 is 1.73 bits per heavy atom. The molecule has 3 nitrogen and oxygen atoms in total. The summed E-state index contributed by atoms with van der Waals surface area (Å²) in [5.41, 5.74) is 1.29. The number of carboxylic acids is 1. The fourth-order valence-electron chi connectivity index (χ4n) is 0.922. The van der Waals surface area contributed by atoms with E-state index in [2.05, 4.69) is 4.99 Å². The van der Waals surface area contributed by atoms with Gasteiger partial charge in [-0.15, -0.1) is 0 Å². The fraction of sp³-hybridized carbons (Fsp3) is 0.500. The monoisotopic (exact) mass is 153 g/mol. The number of aliphatic carboxylic acids is 1. The maximum atomic E-state index is 10.4. The van der Waals surface area contributed by atoms with Crippen LogP contribution in [0.1, 0.15) is 13.8 Å². The summed E-state index contributed by atoms with van der Waals surface area (Å²) < 4.78 is 0. The average Bonchev–Trinajstić information content (AvgIpc) is 2.33. The molecule has 0 aliphatic carbocycles. The summed E-state index contributed by atoms with van der Waals surface area (Å²) in [5, 5.41) is 8.54. The minimum atomic E-state index is -0.930. The molecular formula is C8H11NO2. The Labute approximate surface area is 65.4 Å². The van der Waals surface area contributed by atoms with Crippen molar-refractivity contribution in [2.45, 2.75) is 13.8 Å². The normalized spacial score (nSPS) is 16.6. The Morgan fingerprint density at radius 2 is 2.36 bits per heavy atom. The molecule has 0 spiro atoms. The molecule has 11 heavy (non-hydrogen) atoms. The van der Waals surface area contributed by atoms with Crippen molar-refractivity contribution in [2.75, 3.05) is 6.54 Å². The maximum Gasteiger partial charge on any atom is 0.354 e. The van der Waals surface area contributed by atoms with E-state index in [-0.39, 0.29) is 5.71 Å². The van der Waals surface area contributed by atoms with Gasteiger partial charge in [0.25, 0.3) is 0 Å². The molecular weight excluding hydrogens is 142 g/mol. The van der Waals surface area contributed by atoms with E-state index >= 15 is 0 Å². The molecule has 0 saturated heterocycles. The lowest BCUT2D eigenvalue weighted by Crippen LogP contribution is -2.07. The highest BCUT2D eigenvalue weighted by Crippen LogP contribution is 2.14. The van der Waals surface area contributed by atoms with E-state index in [1.165, 1.54) is 0 Å². The first-order valence-electron chi connectivity index (χ1n) is 3.59. The van der Waals surface area contributed by atoms with Crippen LogP contribution in [0.15, 0.2) is 16.6 Å². The van der Waals surface area contributed by atoms with Crippen molar-refractivity contribution in [1.29, 1.82) is 0 Å². The van der Waals surface area contributed by atoms with Crippen LogP contribution in [-0.2, 0) is 4.79 Å². The van der Waals surface area contributed by atoms with Gasteiger partial charge in [-0.3, -0.25) is 4.99 Å². The van der Waals surface area contributed by atoms with Crippen molar-refractivity contribution >= 4 is 11.7 Å². The molecule has 0 amide bonds. The highest BCUT2D eigenvalue weighted by molar-refractivity contribution is 6.41. The van der Waals surface area contributed by atoms with E-state index in [1.54, 1.807) is 6.08 Å². The third-order valence-corrected chi connectivity index (χ3v) is 1.71. The molecule has 0 bridgehead atoms. The number of hydrogen-bond donors (Lipinski definition) is 1. The topological polar surface area (TPSA) is 49.7 Å². The average molecular weight is 153 g/mol. The largest absolute Gasteiger partial charge is 0.477 e. The highest BCUT2D eigenvalue weighted by Gasteiger charge is 2.15. The predicted molar refractivity (Wildman–Crippen MR) is 42.9 cm³/mol. The second-order valence-corrected chi connectivity index (χ2v) is 2.88. The third-order valence-electron chi connectivity index (χ3n) is 1.71. The van der Waals surface area contributed by atoms with Crippen LogP contribution in [0.2, 0.25) is 0 Å². The summed E-state index contributed by atoms with van der Waals surface area (Å²) in [6.45, 7) is 4.62. The summed E-state index contributed by atoms with van der Waals surface area (Å²) in [5.74, 6) is -0.531. The van der Waals surface area contributed by atoms with Gasteiger partial charge in [0, 0.05) is 0 Å². The van der Waals surface area contributed by atoms with Crippen LogP contribution in [0.25, 0.3) is 0 Å². The van der Waals surface area contributed by atoms with Crippen LogP contribution in [0.3, 0.4) is 0 Å². The lowest BCUT2D eigenvalue weighted by Gasteiger charge is -2.01. The summed E-state index contributed by atoms with van der Waals surface area (Å²) in [6, 6.07) is 0. The Hall–Kier alpha value is -1.12. The van der Waals surface area contributed by atoms with E-state index in [4.69, 9.17) is 5.11 Å². The van der Waals surface area contributed by atoms with Crippen molar-refractivity contribution in [2.24, 2.45) is 10.9 Å². The first-order valence-corrected chi connectivity index (χ1v) is 3.59. The molecule has 1 N–H and O–H groups in total. The molecule has 0 unspecified atom stereocenters. The Bertz CT molecular complexity index is 238. The van der Waals surface area contributed by atoms with Crippen LogP contribution < -0.4 is 0 Å². The molecule has 0 aromatic heterocycles. The molecule has 1 aliphatic rings. The quantitative estimate of drug-likeness (QED) is 0.646. The fourth-order valence-corrected chi connectivity index (χ4v) is 0.922. The summed E-state index contributed by atoms with van der Waals surface area (Å²) in [4.78, 5) is 14.3. The highest BCUT2D eigenvalue weighted by atomic mass is 16.4. The van der Waals surface area contributed by atoms with Crippen LogP contribution in [-0.4, -0.2) is 23.3 Å². The van der Waals surface area contributed by atoms with Gasteiger partial charge < -0.3 is 5.11 Å². The van der Waals surface area contributed by atoms with Crippen LogP contribution in [0.4, 0.5) is 0 Å². The number of rotatable bonds is 2. The maximum absolute atomic E-state index is 10.4. The molecule has 0 aromatic rings. The van der Waals surface area contributed by atoms with Gasteiger partial charge in [-0.05, 0) is 17.6 Å². The van der Waals surface area contributed by atoms with Gasteiger partial charge in [-0.1, -0.05) is 13.8 Å². The number of carboxylic acid groups (broad SMARTS) is 1. The van der Waals surface area contributed by atoms with Crippen molar-refractivity contribution < 1.29 is 9.90 Å². The zero-order valence-electron chi connectivity index (χ0n) is 6.66. The molecule has 0 atom stereocenters. The Kier molecular flexibility index (Phi) is 2.08. The van der Waals surface area contributed by atoms with Crippen molar-refractivity contribution in [3.05, 3.63) is 11.6 Å². The molecule has 0 radical (unpaired) electrons. The van der Waals surface area contributed by atoms with Crippen molar-refractivity contribution in [3.63, 3.8) is 0 Å². The van der Waals surface area contributed by atoms with Crippen molar-refractivity contribution in [3.8, 4) is 0 Å². The predicted octanol–water partition coefficient (Wildman–Crippen LogP) is 1.11. The van der Waals surface area contributed by atoms with E-state index in [9.17, 15) is 4.79 Å². The smallest absolute Gasteiger partial charge is 0.354 e. The molecule has 1 heterocycles. The van der Waals surface area contributed by atoms with E-state index < -0.39 is 5.97 Å². The Balaban J connectivity index is 2.71. The minimum Gasteiger partial charge on any atom is -0.477 e. The second-order valence-electron chi connectivity index (χ2n) is 2.88. The van der Waals surface area contributed by atoms with E-state index in [0.29, 0.717) is 12.5 Å². The summed E-state index contributed by atoms with van der Waals surface area (Å²) in [7, 11) is 0. The zero-order valence-corrected chi connectivity index (χ0v) is 6.66. The molecule has 0 saturated carbocycles. The van der Waals surface area contributed by atoms with Gasteiger partial charge in [0.2, 0.25) is 0 Å². The van der Waals surface area contributed by atoms with Crippen LogP contribution >= 0.6 is 0 Å². The van der Waals surface area contributed by atoms with Crippen LogP contribution in [0.5, 0.6) is 0 Å². The zero-order chi connectivity index (χ0) is 8.43. The minimum absolute atomic E-state index is 0.189. The molecule has 1 rings (SSSR count). The third kappa shape index (κ3) is 1.67. The van der Waals surface area contributed by atoms with E-state index in [1.807, 2.05) is 13.8 Å². The molecule has 60 valence electrons. The number of aliphatic imine (C=N–C) groups is 1. The second kappa shape index (κ2) is 2.86. The SMILES string of the molecule is CC(C)C1=CC(C(=O)O)=NC1. The van der Waals surface area contributed by atoms with Crippen LogP contribution in [0, 0.1) is 5.92 Å². The van der Waals surface area contributed by atoms with Gasteiger partial charge in [-0.25, -0.2) is 4.79 Å². The standard InChI is InChI=1S/C8H11NO2/c1-5(2)6-3-7(8(10)11)9-4-6/h3,5H,4H2,1-2H3,(H,10,11). The lowest BCUT2D eigenvalue weighted by molar-refractivity contribution is -0.129. The number of nitrogens with zero attached hydrogens (tertiary/aromatic N) is 1. The van der Waals surface area contributed by atoms with Gasteiger partial charge in [0.1, 0.15) is 5.71 Å². The Morgan fingerprint density at radius 3 is 2.64 bits per heavy atom. The summed E-state index contributed by atoms with van der Waals surface area (Å²) >= 11 is 0. The lowest BCUT2D eigenvalue weighted by atomic mass is 10.0. The van der Waals surface area contributed by atoms with Gasteiger partial charge in [0.05, 0.1) is 6.54 Å². The molecule has 0 fully saturated rings. The first kappa shape index (κ1) is 7.98. The van der Waals surface area contributed by atoms with E-state index in [0.717, 1.165) is 5.57 Å². The first-order chi connectivity index (χ1) is 5.11. The summed E-state index contributed by atoms with van der Waals surface area (Å²) in [6.07, 6.45) is 1.66. The number of carbonyl (C=O) groups is 1. The van der Waals surface area contributed by atoms with Gasteiger partial charge in [-0.2, -0.15) is 0 Å². The molecule has 0 aromatic carbocycles. The van der Waals surface area contributed by atoms with Gasteiger partial charge in [0.15, 0.2) is 0 Å². The number of hydrogen-bond acceptors (Lipinski definition) is 2.